The molecule has 23 heavy (non-hydrogen) atoms. The van der Waals surface area contributed by atoms with E-state index in [1.54, 1.807) is 0 Å². The fourth-order valence-electron chi connectivity index (χ4n) is 3.10. The molecule has 1 atom stereocenters. The highest BCUT2D eigenvalue weighted by molar-refractivity contribution is 5.72. The van der Waals surface area contributed by atoms with Crippen LogP contribution in [0.5, 0.6) is 0 Å². The summed E-state index contributed by atoms with van der Waals surface area (Å²) in [5.74, 6) is -1.26. The van der Waals surface area contributed by atoms with E-state index in [0.717, 1.165) is 30.4 Å². The van der Waals surface area contributed by atoms with Crippen LogP contribution in [0.4, 0.5) is 0 Å². The van der Waals surface area contributed by atoms with Crippen molar-refractivity contribution in [1.29, 1.82) is 0 Å². The number of benzene rings is 2. The second-order valence-corrected chi connectivity index (χ2v) is 5.88. The molecule has 0 aromatic heterocycles. The van der Waals surface area contributed by atoms with E-state index in [-0.39, 0.29) is 5.92 Å². The van der Waals surface area contributed by atoms with Gasteiger partial charge in [-0.15, -0.1) is 0 Å². The second kappa shape index (κ2) is 9.11. The van der Waals surface area contributed by atoms with Crippen LogP contribution in [0.2, 0.25) is 0 Å². The fraction of sp³-hybridized carbons (Fsp3) is 0.350. The number of hydrogen-bond acceptors (Lipinski definition) is 2. The lowest BCUT2D eigenvalue weighted by atomic mass is 9.78. The lowest BCUT2D eigenvalue weighted by Crippen LogP contribution is -2.23. The van der Waals surface area contributed by atoms with Crippen molar-refractivity contribution in [2.75, 3.05) is 6.54 Å². The van der Waals surface area contributed by atoms with Gasteiger partial charge in [-0.3, -0.25) is 4.79 Å². The number of nitrogens with two attached hydrogens (primary N) is 1. The summed E-state index contributed by atoms with van der Waals surface area (Å²) < 4.78 is 0. The van der Waals surface area contributed by atoms with Gasteiger partial charge in [0.05, 0.1) is 5.92 Å². The van der Waals surface area contributed by atoms with Gasteiger partial charge in [0.1, 0.15) is 0 Å². The Morgan fingerprint density at radius 1 is 0.870 bits per heavy atom. The van der Waals surface area contributed by atoms with E-state index >= 15 is 0 Å². The number of rotatable bonds is 9. The van der Waals surface area contributed by atoms with Crippen LogP contribution in [-0.4, -0.2) is 17.6 Å². The molecule has 0 saturated carbocycles. The zero-order valence-corrected chi connectivity index (χ0v) is 13.4. The van der Waals surface area contributed by atoms with Crippen LogP contribution in [0.1, 0.15) is 42.7 Å². The Kier molecular flexibility index (Phi) is 6.82. The molecule has 0 amide bonds. The largest absolute Gasteiger partial charge is 0.481 e. The molecule has 0 bridgehead atoms. The summed E-state index contributed by atoms with van der Waals surface area (Å²) in [6.45, 7) is 0.665. The quantitative estimate of drug-likeness (QED) is 0.687. The Morgan fingerprint density at radius 3 is 1.83 bits per heavy atom. The van der Waals surface area contributed by atoms with E-state index in [9.17, 15) is 9.90 Å². The van der Waals surface area contributed by atoms with Gasteiger partial charge in [0.25, 0.3) is 0 Å². The molecule has 0 aliphatic rings. The number of carboxylic acid groups (broad SMARTS) is 1. The Hall–Kier alpha value is -2.13. The molecule has 0 unspecified atom stereocenters. The highest BCUT2D eigenvalue weighted by Gasteiger charge is 2.30. The topological polar surface area (TPSA) is 63.3 Å². The monoisotopic (exact) mass is 311 g/mol. The van der Waals surface area contributed by atoms with E-state index < -0.39 is 11.9 Å². The van der Waals surface area contributed by atoms with Crippen LogP contribution in [-0.2, 0) is 4.79 Å². The molecule has 0 radical (unpaired) electrons. The van der Waals surface area contributed by atoms with Crippen LogP contribution >= 0.6 is 0 Å². The number of aliphatic carboxylic acids is 1. The molecule has 0 saturated heterocycles. The number of carboxylic acids is 1. The zero-order valence-electron chi connectivity index (χ0n) is 13.4. The molecule has 3 nitrogen and oxygen atoms in total. The number of hydrogen-bond donors (Lipinski definition) is 2. The first kappa shape index (κ1) is 17.2. The molecule has 3 heteroatoms. The van der Waals surface area contributed by atoms with Gasteiger partial charge < -0.3 is 10.8 Å². The van der Waals surface area contributed by atoms with Crippen molar-refractivity contribution < 1.29 is 9.90 Å². The molecule has 0 fully saturated rings. The summed E-state index contributed by atoms with van der Waals surface area (Å²) in [5.41, 5.74) is 7.65. The van der Waals surface area contributed by atoms with Crippen molar-refractivity contribution in [2.24, 2.45) is 11.7 Å². The lowest BCUT2D eigenvalue weighted by Gasteiger charge is -2.25. The van der Waals surface area contributed by atoms with Gasteiger partial charge in [-0.05, 0) is 30.5 Å². The highest BCUT2D eigenvalue weighted by Crippen LogP contribution is 2.35. The van der Waals surface area contributed by atoms with Crippen molar-refractivity contribution in [1.82, 2.24) is 0 Å². The molecule has 122 valence electrons. The smallest absolute Gasteiger partial charge is 0.307 e. The third-order valence-corrected chi connectivity index (χ3v) is 4.26. The second-order valence-electron chi connectivity index (χ2n) is 5.88. The summed E-state index contributed by atoms with van der Waals surface area (Å²) in [7, 11) is 0. The van der Waals surface area contributed by atoms with E-state index in [2.05, 4.69) is 0 Å². The summed E-state index contributed by atoms with van der Waals surface area (Å²) in [5, 5.41) is 9.80. The van der Waals surface area contributed by atoms with Gasteiger partial charge >= 0.3 is 5.97 Å². The maximum atomic E-state index is 11.9. The zero-order chi connectivity index (χ0) is 16.5. The Morgan fingerprint density at radius 2 is 1.39 bits per heavy atom. The van der Waals surface area contributed by atoms with Crippen LogP contribution in [0.25, 0.3) is 0 Å². The lowest BCUT2D eigenvalue weighted by molar-refractivity contribution is -0.142. The molecule has 0 aliphatic carbocycles. The third kappa shape index (κ3) is 4.93. The van der Waals surface area contributed by atoms with Crippen LogP contribution < -0.4 is 5.73 Å². The van der Waals surface area contributed by atoms with E-state index in [1.165, 1.54) is 0 Å². The van der Waals surface area contributed by atoms with E-state index in [1.807, 2.05) is 60.7 Å². The highest BCUT2D eigenvalue weighted by atomic mass is 16.4. The average Bonchev–Trinajstić information content (AvgIpc) is 2.59. The number of carbonyl (C=O) groups is 1. The Balaban J connectivity index is 2.28. The van der Waals surface area contributed by atoms with Crippen molar-refractivity contribution >= 4 is 5.97 Å². The molecule has 2 aromatic carbocycles. The van der Waals surface area contributed by atoms with E-state index in [4.69, 9.17) is 5.73 Å². The Bertz CT molecular complexity index is 544. The van der Waals surface area contributed by atoms with Crippen LogP contribution in [0, 0.1) is 5.92 Å². The minimum atomic E-state index is -0.726. The molecule has 2 rings (SSSR count). The van der Waals surface area contributed by atoms with Gasteiger partial charge in [-0.2, -0.15) is 0 Å². The average molecular weight is 311 g/mol. The normalized spacial score (nSPS) is 12.3. The van der Waals surface area contributed by atoms with Gasteiger partial charge in [0.15, 0.2) is 0 Å². The molecular weight excluding hydrogens is 286 g/mol. The minimum absolute atomic E-state index is 0.118. The molecule has 0 aliphatic heterocycles. The fourth-order valence-corrected chi connectivity index (χ4v) is 3.10. The van der Waals surface area contributed by atoms with Crippen LogP contribution in [0.15, 0.2) is 60.7 Å². The minimum Gasteiger partial charge on any atom is -0.481 e. The maximum absolute atomic E-state index is 11.9. The number of unbranched alkanes of at least 4 members (excludes halogenated alkanes) is 2. The van der Waals surface area contributed by atoms with E-state index in [0.29, 0.717) is 13.0 Å². The first-order chi connectivity index (χ1) is 11.2. The van der Waals surface area contributed by atoms with Gasteiger partial charge in [-0.1, -0.05) is 73.5 Å². The summed E-state index contributed by atoms with van der Waals surface area (Å²) in [6, 6.07) is 19.9. The SMILES string of the molecule is NCCCCC[C@@H](C(=O)O)C(c1ccccc1)c1ccccc1. The predicted octanol–water partition coefficient (Wildman–Crippen LogP) is 4.04. The molecule has 0 spiro atoms. The van der Waals surface area contributed by atoms with Crippen molar-refractivity contribution in [3.63, 3.8) is 0 Å². The Labute approximate surface area is 138 Å². The molecule has 0 heterocycles. The van der Waals surface area contributed by atoms with Gasteiger partial charge in [-0.25, -0.2) is 0 Å². The van der Waals surface area contributed by atoms with Crippen LogP contribution in [0.3, 0.4) is 0 Å². The van der Waals surface area contributed by atoms with Crippen molar-refractivity contribution in [3.8, 4) is 0 Å². The summed E-state index contributed by atoms with van der Waals surface area (Å²) in [6.07, 6.45) is 3.50. The molecule has 3 N–H and O–H groups in total. The molecule has 2 aromatic rings. The molecular formula is C20H25NO2. The van der Waals surface area contributed by atoms with Gasteiger partial charge in [0.2, 0.25) is 0 Å². The summed E-state index contributed by atoms with van der Waals surface area (Å²) >= 11 is 0. The van der Waals surface area contributed by atoms with Crippen molar-refractivity contribution in [3.05, 3.63) is 71.8 Å². The maximum Gasteiger partial charge on any atom is 0.307 e. The van der Waals surface area contributed by atoms with Crippen molar-refractivity contribution in [2.45, 2.75) is 31.6 Å². The summed E-state index contributed by atoms with van der Waals surface area (Å²) in [4.78, 5) is 11.9. The van der Waals surface area contributed by atoms with Gasteiger partial charge in [0, 0.05) is 5.92 Å². The predicted molar refractivity (Wildman–Crippen MR) is 93.4 cm³/mol. The standard InChI is InChI=1S/C20H25NO2/c21-15-9-3-8-14-18(20(22)23)19(16-10-4-1-5-11-16)17-12-6-2-7-13-17/h1-2,4-7,10-13,18-19H,3,8-9,14-15,21H2,(H,22,23)/t18-/m1/s1. The third-order valence-electron chi connectivity index (χ3n) is 4.26. The first-order valence-corrected chi connectivity index (χ1v) is 8.26. The first-order valence-electron chi connectivity index (χ1n) is 8.26.